The minimum absolute atomic E-state index is 0.00883. The van der Waals surface area contributed by atoms with E-state index in [-0.39, 0.29) is 35.4 Å². The molecule has 1 aliphatic rings. The van der Waals surface area contributed by atoms with Crippen molar-refractivity contribution in [3.05, 3.63) is 132 Å². The van der Waals surface area contributed by atoms with Gasteiger partial charge < -0.3 is 10.2 Å². The molecule has 2 amide bonds. The summed E-state index contributed by atoms with van der Waals surface area (Å²) >= 11 is 0. The summed E-state index contributed by atoms with van der Waals surface area (Å²) in [5.41, 5.74) is 1.34. The minimum atomic E-state index is -4.18. The van der Waals surface area contributed by atoms with Gasteiger partial charge in [0.1, 0.15) is 18.4 Å². The zero-order valence-corrected chi connectivity index (χ0v) is 25.2. The lowest BCUT2D eigenvalue weighted by Gasteiger charge is -2.34. The van der Waals surface area contributed by atoms with Crippen molar-refractivity contribution in [2.75, 3.05) is 10.8 Å². The maximum absolute atomic E-state index is 15.0. The molecule has 0 saturated heterocycles. The first-order valence-electron chi connectivity index (χ1n) is 14.8. The van der Waals surface area contributed by atoms with Gasteiger partial charge in [-0.1, -0.05) is 97.8 Å². The van der Waals surface area contributed by atoms with E-state index in [0.717, 1.165) is 35.6 Å². The maximum atomic E-state index is 15.0. The Kier molecular flexibility index (Phi) is 10.1. The van der Waals surface area contributed by atoms with Gasteiger partial charge in [0.15, 0.2) is 0 Å². The molecule has 7 nitrogen and oxygen atoms in total. The number of para-hydroxylation sites is 1. The zero-order chi connectivity index (χ0) is 30.9. The Bertz CT molecular complexity index is 1650. The Morgan fingerprint density at radius 3 is 2.00 bits per heavy atom. The van der Waals surface area contributed by atoms with Gasteiger partial charge in [0.05, 0.1) is 10.6 Å². The fourth-order valence-corrected chi connectivity index (χ4v) is 7.01. The molecule has 5 rings (SSSR count). The fourth-order valence-electron chi connectivity index (χ4n) is 5.57. The monoisotopic (exact) mass is 613 g/mol. The Morgan fingerprint density at radius 1 is 0.795 bits per heavy atom. The van der Waals surface area contributed by atoms with Gasteiger partial charge in [-0.2, -0.15) is 0 Å². The van der Waals surface area contributed by atoms with Crippen LogP contribution in [0.1, 0.15) is 36.8 Å². The Balaban J connectivity index is 1.55. The molecule has 44 heavy (non-hydrogen) atoms. The van der Waals surface area contributed by atoms with Crippen LogP contribution in [0.3, 0.4) is 0 Å². The molecule has 0 unspecified atom stereocenters. The van der Waals surface area contributed by atoms with Crippen LogP contribution in [0.5, 0.6) is 0 Å². The van der Waals surface area contributed by atoms with Crippen molar-refractivity contribution in [2.24, 2.45) is 0 Å². The van der Waals surface area contributed by atoms with E-state index in [1.165, 1.54) is 23.1 Å². The van der Waals surface area contributed by atoms with Crippen LogP contribution in [0.15, 0.2) is 120 Å². The second-order valence-corrected chi connectivity index (χ2v) is 12.8. The highest BCUT2D eigenvalue weighted by atomic mass is 32.2. The van der Waals surface area contributed by atoms with E-state index in [0.29, 0.717) is 5.69 Å². The first-order chi connectivity index (χ1) is 21.3. The van der Waals surface area contributed by atoms with Gasteiger partial charge >= 0.3 is 0 Å². The molecule has 1 N–H and O–H groups in total. The van der Waals surface area contributed by atoms with Gasteiger partial charge in [0.2, 0.25) is 11.8 Å². The smallest absolute Gasteiger partial charge is 0.264 e. The number of carbonyl (C=O) groups is 2. The third-order valence-electron chi connectivity index (χ3n) is 7.93. The van der Waals surface area contributed by atoms with E-state index in [4.69, 9.17) is 0 Å². The molecule has 1 aliphatic carbocycles. The number of hydrogen-bond acceptors (Lipinski definition) is 4. The minimum Gasteiger partial charge on any atom is -0.352 e. The van der Waals surface area contributed by atoms with E-state index in [2.05, 4.69) is 5.32 Å². The average Bonchev–Trinajstić information content (AvgIpc) is 3.56. The summed E-state index contributed by atoms with van der Waals surface area (Å²) < 4.78 is 44.0. The van der Waals surface area contributed by atoms with Crippen molar-refractivity contribution in [1.29, 1.82) is 0 Å². The molecule has 0 spiro atoms. The highest BCUT2D eigenvalue weighted by molar-refractivity contribution is 7.92. The average molecular weight is 614 g/mol. The van der Waals surface area contributed by atoms with Crippen LogP contribution in [-0.4, -0.2) is 43.8 Å². The van der Waals surface area contributed by atoms with E-state index >= 15 is 4.39 Å². The molecule has 1 fully saturated rings. The van der Waals surface area contributed by atoms with Crippen LogP contribution in [0, 0.1) is 5.82 Å². The lowest BCUT2D eigenvalue weighted by molar-refractivity contribution is -0.140. The largest absolute Gasteiger partial charge is 0.352 e. The summed E-state index contributed by atoms with van der Waals surface area (Å²) in [6.07, 6.45) is 3.89. The number of sulfonamides is 1. The number of halogens is 1. The first kappa shape index (κ1) is 30.9. The van der Waals surface area contributed by atoms with E-state index in [1.54, 1.807) is 66.7 Å². The number of nitrogens with one attached hydrogen (secondary N) is 1. The number of hydrogen-bond donors (Lipinski definition) is 1. The highest BCUT2D eigenvalue weighted by Gasteiger charge is 2.35. The van der Waals surface area contributed by atoms with Gasteiger partial charge in [-0.15, -0.1) is 0 Å². The number of anilines is 1. The second-order valence-electron chi connectivity index (χ2n) is 11.0. The fraction of sp³-hybridized carbons (Fsp3) is 0.257. The number of rotatable bonds is 12. The molecule has 0 bridgehead atoms. The third kappa shape index (κ3) is 7.52. The molecule has 1 atom stereocenters. The molecule has 4 aromatic rings. The van der Waals surface area contributed by atoms with Crippen molar-refractivity contribution in [3.8, 4) is 0 Å². The van der Waals surface area contributed by atoms with Gasteiger partial charge in [0, 0.05) is 24.6 Å². The van der Waals surface area contributed by atoms with Crippen molar-refractivity contribution in [3.63, 3.8) is 0 Å². The van der Waals surface area contributed by atoms with Gasteiger partial charge in [0.25, 0.3) is 10.0 Å². The van der Waals surface area contributed by atoms with E-state index < -0.39 is 34.3 Å². The molecule has 0 aromatic heterocycles. The quantitative estimate of drug-likeness (QED) is 0.222. The van der Waals surface area contributed by atoms with Crippen molar-refractivity contribution < 1.29 is 22.4 Å². The lowest BCUT2D eigenvalue weighted by atomic mass is 10.0. The van der Waals surface area contributed by atoms with Gasteiger partial charge in [-0.05, 0) is 48.7 Å². The maximum Gasteiger partial charge on any atom is 0.264 e. The molecule has 9 heteroatoms. The number of benzene rings is 4. The predicted octanol–water partition coefficient (Wildman–Crippen LogP) is 5.72. The van der Waals surface area contributed by atoms with Gasteiger partial charge in [-0.25, -0.2) is 12.8 Å². The Labute approximate surface area is 258 Å². The van der Waals surface area contributed by atoms with Crippen LogP contribution in [-0.2, 0) is 32.6 Å². The van der Waals surface area contributed by atoms with E-state index in [1.807, 2.05) is 30.3 Å². The summed E-state index contributed by atoms with van der Waals surface area (Å²) in [5.74, 6) is -1.49. The van der Waals surface area contributed by atoms with Crippen molar-refractivity contribution in [1.82, 2.24) is 10.2 Å². The molecule has 1 saturated carbocycles. The third-order valence-corrected chi connectivity index (χ3v) is 9.71. The first-order valence-corrected chi connectivity index (χ1v) is 16.3. The number of carbonyl (C=O) groups excluding carboxylic acids is 2. The van der Waals surface area contributed by atoms with Crippen molar-refractivity contribution >= 4 is 27.5 Å². The topological polar surface area (TPSA) is 86.8 Å². The molecular weight excluding hydrogens is 577 g/mol. The van der Waals surface area contributed by atoms with Crippen molar-refractivity contribution in [2.45, 2.75) is 55.6 Å². The highest BCUT2D eigenvalue weighted by Crippen LogP contribution is 2.25. The van der Waals surface area contributed by atoms with Crippen LogP contribution >= 0.6 is 0 Å². The van der Waals surface area contributed by atoms with Gasteiger partial charge in [-0.3, -0.25) is 13.9 Å². The second kappa shape index (κ2) is 14.3. The number of amides is 2. The molecule has 0 heterocycles. The number of nitrogens with zero attached hydrogens (tertiary/aromatic N) is 2. The Hall–Kier alpha value is -4.50. The summed E-state index contributed by atoms with van der Waals surface area (Å²) in [7, 11) is -4.18. The van der Waals surface area contributed by atoms with E-state index in [9.17, 15) is 18.0 Å². The predicted molar refractivity (Wildman–Crippen MR) is 169 cm³/mol. The summed E-state index contributed by atoms with van der Waals surface area (Å²) in [5, 5.41) is 3.12. The standard InChI is InChI=1S/C35H36FN3O4S/c36-32-23-13-10-16-28(32)25-38(33(24-27-14-4-1-5-15-27)35(41)37-29-17-11-12-18-29)34(40)26-39(30-19-6-2-7-20-30)44(42,43)31-21-8-3-9-22-31/h1-10,13-16,19-23,29,33H,11-12,17-18,24-26H2,(H,37,41)/t33-/m1/s1. The summed E-state index contributed by atoms with van der Waals surface area (Å²) in [4.78, 5) is 29.7. The normalized spacial score (nSPS) is 14.1. The molecule has 228 valence electrons. The zero-order valence-electron chi connectivity index (χ0n) is 24.4. The SMILES string of the molecule is O=C(NC1CCCC1)[C@@H](Cc1ccccc1)N(Cc1ccccc1F)C(=O)CN(c1ccccc1)S(=O)(=O)c1ccccc1. The lowest BCUT2D eigenvalue weighted by Crippen LogP contribution is -2.54. The summed E-state index contributed by atoms with van der Waals surface area (Å²) in [6, 6.07) is 30.7. The molecule has 4 aromatic carbocycles. The molecule has 0 aliphatic heterocycles. The molecular formula is C35H36FN3O4S. The van der Waals surface area contributed by atoms with Crippen LogP contribution in [0.25, 0.3) is 0 Å². The van der Waals surface area contributed by atoms with Crippen LogP contribution in [0.4, 0.5) is 10.1 Å². The van der Waals surface area contributed by atoms with Crippen LogP contribution in [0.2, 0.25) is 0 Å². The van der Waals surface area contributed by atoms with Crippen LogP contribution < -0.4 is 9.62 Å². The summed E-state index contributed by atoms with van der Waals surface area (Å²) in [6.45, 7) is -0.799. The molecule has 0 radical (unpaired) electrons. The Morgan fingerprint density at radius 2 is 1.36 bits per heavy atom.